The van der Waals surface area contributed by atoms with E-state index in [-0.39, 0.29) is 17.8 Å². The Labute approximate surface area is 182 Å². The second-order valence-corrected chi connectivity index (χ2v) is 8.89. The number of hydrogen-bond donors (Lipinski definition) is 1. The molecule has 31 heavy (non-hydrogen) atoms. The topological polar surface area (TPSA) is 88.8 Å². The molecule has 2 aromatic rings. The van der Waals surface area contributed by atoms with E-state index in [1.807, 2.05) is 41.3 Å². The molecule has 162 valence electrons. The lowest BCUT2D eigenvalue weighted by atomic mass is 9.83. The average molecular weight is 421 g/mol. The van der Waals surface area contributed by atoms with Gasteiger partial charge in [0.2, 0.25) is 5.91 Å². The van der Waals surface area contributed by atoms with Crippen LogP contribution in [0.1, 0.15) is 47.2 Å². The zero-order valence-electron chi connectivity index (χ0n) is 17.6. The van der Waals surface area contributed by atoms with Crippen LogP contribution in [0.2, 0.25) is 0 Å². The number of nitrogens with two attached hydrogens (primary N) is 1. The lowest BCUT2D eigenvalue weighted by molar-refractivity contribution is -0.141. The van der Waals surface area contributed by atoms with Crippen LogP contribution in [0.5, 0.6) is 0 Å². The van der Waals surface area contributed by atoms with E-state index in [2.05, 4.69) is 9.88 Å². The second-order valence-electron chi connectivity index (χ2n) is 8.89. The van der Waals surface area contributed by atoms with Crippen molar-refractivity contribution >= 4 is 17.7 Å². The van der Waals surface area contributed by atoms with Crippen molar-refractivity contribution in [2.24, 2.45) is 5.92 Å². The number of pyridine rings is 1. The maximum atomic E-state index is 13.2. The fraction of sp³-hybridized carbons (Fsp3) is 0.458. The van der Waals surface area contributed by atoms with Crippen molar-refractivity contribution in [3.63, 3.8) is 0 Å². The maximum Gasteiger partial charge on any atom is 0.339 e. The predicted octanol–water partition coefficient (Wildman–Crippen LogP) is 2.56. The van der Waals surface area contributed by atoms with Gasteiger partial charge in [-0.1, -0.05) is 18.2 Å². The molecule has 0 atom stereocenters. The third-order valence-electron chi connectivity index (χ3n) is 7.00. The number of anilines is 1. The molecule has 0 aliphatic carbocycles. The molecule has 0 saturated carbocycles. The molecule has 2 N–H and O–H groups in total. The number of aromatic nitrogens is 1. The van der Waals surface area contributed by atoms with Gasteiger partial charge in [-0.2, -0.15) is 0 Å². The summed E-state index contributed by atoms with van der Waals surface area (Å²) in [4.78, 5) is 33.8. The van der Waals surface area contributed by atoms with Gasteiger partial charge in [0, 0.05) is 50.2 Å². The third-order valence-corrected chi connectivity index (χ3v) is 7.00. The van der Waals surface area contributed by atoms with Crippen molar-refractivity contribution in [3.05, 3.63) is 59.3 Å². The SMILES string of the molecule is Nc1cc(CN2CCC(C(=O)N3CCC4(CC3)OC(=O)c3ccccc34)CC2)ccn1. The van der Waals surface area contributed by atoms with E-state index in [4.69, 9.17) is 10.5 Å². The molecule has 7 nitrogen and oxygen atoms in total. The molecule has 1 aromatic heterocycles. The highest BCUT2D eigenvalue weighted by molar-refractivity contribution is 5.94. The molecule has 2 saturated heterocycles. The van der Waals surface area contributed by atoms with Gasteiger partial charge in [0.15, 0.2) is 0 Å². The van der Waals surface area contributed by atoms with E-state index in [9.17, 15) is 9.59 Å². The summed E-state index contributed by atoms with van der Waals surface area (Å²) in [6.45, 7) is 3.92. The number of fused-ring (bicyclic) bond motifs is 2. The van der Waals surface area contributed by atoms with Crippen LogP contribution < -0.4 is 5.73 Å². The first kappa shape index (κ1) is 20.0. The first-order chi connectivity index (χ1) is 15.0. The van der Waals surface area contributed by atoms with E-state index in [1.165, 1.54) is 0 Å². The highest BCUT2D eigenvalue weighted by atomic mass is 16.6. The fourth-order valence-electron chi connectivity index (χ4n) is 5.25. The number of hydrogen-bond acceptors (Lipinski definition) is 6. The van der Waals surface area contributed by atoms with Gasteiger partial charge in [-0.3, -0.25) is 9.69 Å². The van der Waals surface area contributed by atoms with Crippen LogP contribution in [0.4, 0.5) is 5.82 Å². The number of nitrogen functional groups attached to an aromatic ring is 1. The number of carbonyl (C=O) groups excluding carboxylic acids is 2. The molecule has 0 bridgehead atoms. The van der Waals surface area contributed by atoms with E-state index < -0.39 is 5.60 Å². The van der Waals surface area contributed by atoms with Crippen molar-refractivity contribution in [2.75, 3.05) is 31.9 Å². The Morgan fingerprint density at radius 1 is 1.13 bits per heavy atom. The Balaban J connectivity index is 1.16. The van der Waals surface area contributed by atoms with Crippen LogP contribution in [-0.2, 0) is 21.7 Å². The number of likely N-dealkylation sites (tertiary alicyclic amines) is 2. The van der Waals surface area contributed by atoms with Crippen molar-refractivity contribution in [3.8, 4) is 0 Å². The Bertz CT molecular complexity index is 992. The lowest BCUT2D eigenvalue weighted by Gasteiger charge is -2.41. The zero-order chi connectivity index (χ0) is 21.4. The van der Waals surface area contributed by atoms with Gasteiger partial charge >= 0.3 is 5.97 Å². The van der Waals surface area contributed by atoms with Crippen molar-refractivity contribution in [1.82, 2.24) is 14.8 Å². The summed E-state index contributed by atoms with van der Waals surface area (Å²) in [6, 6.07) is 11.5. The van der Waals surface area contributed by atoms with Gasteiger partial charge in [0.1, 0.15) is 11.4 Å². The number of piperidine rings is 2. The van der Waals surface area contributed by atoms with Crippen molar-refractivity contribution in [1.29, 1.82) is 0 Å². The summed E-state index contributed by atoms with van der Waals surface area (Å²) in [7, 11) is 0. The van der Waals surface area contributed by atoms with Gasteiger partial charge in [-0.15, -0.1) is 0 Å². The van der Waals surface area contributed by atoms with Crippen LogP contribution in [0.3, 0.4) is 0 Å². The van der Waals surface area contributed by atoms with Crippen LogP contribution >= 0.6 is 0 Å². The Morgan fingerprint density at radius 3 is 2.61 bits per heavy atom. The molecule has 2 fully saturated rings. The molecule has 3 aliphatic heterocycles. The Hall–Kier alpha value is -2.93. The minimum atomic E-state index is -0.555. The summed E-state index contributed by atoms with van der Waals surface area (Å²) >= 11 is 0. The number of rotatable bonds is 3. The van der Waals surface area contributed by atoms with Crippen LogP contribution in [0, 0.1) is 5.92 Å². The van der Waals surface area contributed by atoms with Crippen LogP contribution in [0.25, 0.3) is 0 Å². The first-order valence-corrected chi connectivity index (χ1v) is 11.1. The maximum absolute atomic E-state index is 13.2. The largest absolute Gasteiger partial charge is 0.450 e. The molecule has 3 aliphatic rings. The number of ether oxygens (including phenoxy) is 1. The molecule has 1 spiro atoms. The first-order valence-electron chi connectivity index (χ1n) is 11.1. The van der Waals surface area contributed by atoms with Crippen molar-refractivity contribution < 1.29 is 14.3 Å². The summed E-state index contributed by atoms with van der Waals surface area (Å²) in [6.07, 6.45) is 4.83. The number of esters is 1. The molecule has 1 aromatic carbocycles. The monoisotopic (exact) mass is 420 g/mol. The Kier molecular flexibility index (Phi) is 5.14. The number of carbonyl (C=O) groups is 2. The molecule has 0 radical (unpaired) electrons. The van der Waals surface area contributed by atoms with Crippen molar-refractivity contribution in [2.45, 2.75) is 37.8 Å². The van der Waals surface area contributed by atoms with E-state index in [0.717, 1.165) is 43.6 Å². The molecule has 4 heterocycles. The Morgan fingerprint density at radius 2 is 1.87 bits per heavy atom. The highest BCUT2D eigenvalue weighted by Crippen LogP contribution is 2.44. The third kappa shape index (κ3) is 3.78. The zero-order valence-corrected chi connectivity index (χ0v) is 17.6. The standard InChI is InChI=1S/C24H28N4O3/c25-21-15-17(5-10-26-21)16-27-11-6-18(7-12-27)22(29)28-13-8-24(9-14-28)20-4-2-1-3-19(20)23(30)31-24/h1-5,10,15,18H,6-9,11-14,16H2,(H2,25,26). The molecule has 5 rings (SSSR count). The predicted molar refractivity (Wildman–Crippen MR) is 116 cm³/mol. The normalized spacial score (nSPS) is 21.2. The number of amides is 1. The van der Waals surface area contributed by atoms with Gasteiger partial charge < -0.3 is 15.4 Å². The van der Waals surface area contributed by atoms with E-state index in [1.54, 1.807) is 6.20 Å². The smallest absolute Gasteiger partial charge is 0.339 e. The van der Waals surface area contributed by atoms with Gasteiger partial charge in [-0.25, -0.2) is 9.78 Å². The van der Waals surface area contributed by atoms with Crippen LogP contribution in [-0.4, -0.2) is 52.8 Å². The lowest BCUT2D eigenvalue weighted by Crippen LogP contribution is -2.49. The molecular formula is C24H28N4O3. The quantitative estimate of drug-likeness (QED) is 0.768. The van der Waals surface area contributed by atoms with Gasteiger partial charge in [-0.05, 0) is 49.7 Å². The molecule has 1 amide bonds. The average Bonchev–Trinajstić information content (AvgIpc) is 3.06. The van der Waals surface area contributed by atoms with E-state index >= 15 is 0 Å². The minimum Gasteiger partial charge on any atom is -0.450 e. The second kappa shape index (κ2) is 7.96. The molecular weight excluding hydrogens is 392 g/mol. The van der Waals surface area contributed by atoms with E-state index in [0.29, 0.717) is 37.3 Å². The van der Waals surface area contributed by atoms with Crippen LogP contribution in [0.15, 0.2) is 42.6 Å². The number of nitrogens with zero attached hydrogens (tertiary/aromatic N) is 3. The summed E-state index contributed by atoms with van der Waals surface area (Å²) in [5.41, 5.74) is 8.04. The van der Waals surface area contributed by atoms with Gasteiger partial charge in [0.25, 0.3) is 0 Å². The number of benzene rings is 1. The highest BCUT2D eigenvalue weighted by Gasteiger charge is 2.48. The summed E-state index contributed by atoms with van der Waals surface area (Å²) in [5.74, 6) is 0.631. The molecule has 7 heteroatoms. The summed E-state index contributed by atoms with van der Waals surface area (Å²) < 4.78 is 5.82. The van der Waals surface area contributed by atoms with Gasteiger partial charge in [0.05, 0.1) is 5.56 Å². The minimum absolute atomic E-state index is 0.0752. The fourth-order valence-corrected chi connectivity index (χ4v) is 5.25. The molecule has 0 unspecified atom stereocenters. The summed E-state index contributed by atoms with van der Waals surface area (Å²) in [5, 5.41) is 0.